The van der Waals surface area contributed by atoms with Gasteiger partial charge in [-0.25, -0.2) is 4.98 Å². The highest BCUT2D eigenvalue weighted by Crippen LogP contribution is 2.32. The average Bonchev–Trinajstić information content (AvgIpc) is 2.37. The maximum atomic E-state index is 12.7. The van der Waals surface area contributed by atoms with Crippen molar-refractivity contribution < 1.29 is 13.2 Å². The van der Waals surface area contributed by atoms with Crippen LogP contribution in [0, 0.1) is 6.92 Å². The standard InChI is InChI=1S/C15H14ClF3N2/c1-9-3-5-11(6-4-9)10(2)20-14-8-12(15(17,18)19)7-13(16)21-14/h3-8,10H,1-2H3,(H,20,21). The first-order valence-electron chi connectivity index (χ1n) is 6.33. The Labute approximate surface area is 126 Å². The normalized spacial score (nSPS) is 13.0. The highest BCUT2D eigenvalue weighted by atomic mass is 35.5. The minimum Gasteiger partial charge on any atom is -0.363 e. The molecule has 0 bridgehead atoms. The van der Waals surface area contributed by atoms with E-state index in [0.717, 1.165) is 23.3 Å². The Morgan fingerprint density at radius 3 is 2.33 bits per heavy atom. The van der Waals surface area contributed by atoms with Crippen LogP contribution in [0.15, 0.2) is 36.4 Å². The molecule has 0 saturated heterocycles. The van der Waals surface area contributed by atoms with Crippen LogP contribution in [0.1, 0.15) is 29.7 Å². The van der Waals surface area contributed by atoms with E-state index in [2.05, 4.69) is 10.3 Å². The van der Waals surface area contributed by atoms with Crippen molar-refractivity contribution in [3.63, 3.8) is 0 Å². The van der Waals surface area contributed by atoms with E-state index in [4.69, 9.17) is 11.6 Å². The van der Waals surface area contributed by atoms with Crippen molar-refractivity contribution in [3.05, 3.63) is 58.2 Å². The summed E-state index contributed by atoms with van der Waals surface area (Å²) in [6.45, 7) is 3.82. The minimum absolute atomic E-state index is 0.0999. The molecule has 21 heavy (non-hydrogen) atoms. The van der Waals surface area contributed by atoms with Gasteiger partial charge in [0, 0.05) is 6.04 Å². The summed E-state index contributed by atoms with van der Waals surface area (Å²) in [7, 11) is 0. The fraction of sp³-hybridized carbons (Fsp3) is 0.267. The third kappa shape index (κ3) is 4.11. The molecule has 2 aromatic rings. The average molecular weight is 315 g/mol. The number of aromatic nitrogens is 1. The van der Waals surface area contributed by atoms with Crippen molar-refractivity contribution >= 4 is 17.4 Å². The van der Waals surface area contributed by atoms with Gasteiger partial charge >= 0.3 is 6.18 Å². The highest BCUT2D eigenvalue weighted by Gasteiger charge is 2.31. The molecule has 1 atom stereocenters. The van der Waals surface area contributed by atoms with Gasteiger partial charge < -0.3 is 5.32 Å². The van der Waals surface area contributed by atoms with Crippen LogP contribution in [0.5, 0.6) is 0 Å². The number of rotatable bonds is 3. The first-order valence-corrected chi connectivity index (χ1v) is 6.71. The van der Waals surface area contributed by atoms with Crippen LogP contribution < -0.4 is 5.32 Å². The van der Waals surface area contributed by atoms with Gasteiger partial charge in [0.15, 0.2) is 0 Å². The second-order valence-corrected chi connectivity index (χ2v) is 5.23. The zero-order valence-corrected chi connectivity index (χ0v) is 12.3. The zero-order valence-electron chi connectivity index (χ0n) is 11.5. The van der Waals surface area contributed by atoms with Crippen molar-refractivity contribution in [2.24, 2.45) is 0 Å². The van der Waals surface area contributed by atoms with Crippen LogP contribution in [0.4, 0.5) is 19.0 Å². The lowest BCUT2D eigenvalue weighted by Gasteiger charge is -2.16. The summed E-state index contributed by atoms with van der Waals surface area (Å²) >= 11 is 5.66. The number of anilines is 1. The Bertz CT molecular complexity index is 624. The number of nitrogens with one attached hydrogen (secondary N) is 1. The Balaban J connectivity index is 2.23. The third-order valence-electron chi connectivity index (χ3n) is 3.06. The number of alkyl halides is 3. The molecule has 1 unspecified atom stereocenters. The smallest absolute Gasteiger partial charge is 0.363 e. The van der Waals surface area contributed by atoms with Crippen LogP contribution >= 0.6 is 11.6 Å². The third-order valence-corrected chi connectivity index (χ3v) is 3.26. The zero-order chi connectivity index (χ0) is 15.6. The fourth-order valence-electron chi connectivity index (χ4n) is 1.89. The summed E-state index contributed by atoms with van der Waals surface area (Å²) in [6.07, 6.45) is -4.45. The van der Waals surface area contributed by atoms with E-state index in [-0.39, 0.29) is 17.0 Å². The number of hydrogen-bond donors (Lipinski definition) is 1. The first-order chi connectivity index (χ1) is 9.75. The van der Waals surface area contributed by atoms with Gasteiger partial charge in [0.1, 0.15) is 11.0 Å². The summed E-state index contributed by atoms with van der Waals surface area (Å²) < 4.78 is 38.2. The number of aryl methyl sites for hydroxylation is 1. The van der Waals surface area contributed by atoms with Crippen molar-refractivity contribution in [2.45, 2.75) is 26.1 Å². The molecule has 0 amide bonds. The maximum absolute atomic E-state index is 12.7. The molecule has 6 heteroatoms. The molecule has 0 aliphatic carbocycles. The molecule has 0 fully saturated rings. The molecule has 0 spiro atoms. The van der Waals surface area contributed by atoms with Crippen LogP contribution in [0.3, 0.4) is 0 Å². The van der Waals surface area contributed by atoms with Gasteiger partial charge in [-0.3, -0.25) is 0 Å². The Morgan fingerprint density at radius 1 is 1.14 bits per heavy atom. The topological polar surface area (TPSA) is 24.9 Å². The highest BCUT2D eigenvalue weighted by molar-refractivity contribution is 6.29. The number of halogens is 4. The Kier molecular flexibility index (Phi) is 4.42. The molecule has 1 aromatic heterocycles. The number of nitrogens with zero attached hydrogens (tertiary/aromatic N) is 1. The largest absolute Gasteiger partial charge is 0.416 e. The second-order valence-electron chi connectivity index (χ2n) is 4.84. The summed E-state index contributed by atoms with van der Waals surface area (Å²) in [5.41, 5.74) is 1.25. The lowest BCUT2D eigenvalue weighted by atomic mass is 10.1. The molecule has 0 aliphatic heterocycles. The van der Waals surface area contributed by atoms with E-state index in [9.17, 15) is 13.2 Å². The van der Waals surface area contributed by atoms with Gasteiger partial charge in [-0.2, -0.15) is 13.2 Å². The lowest BCUT2D eigenvalue weighted by Crippen LogP contribution is -2.11. The van der Waals surface area contributed by atoms with Gasteiger partial charge in [-0.05, 0) is 31.5 Å². The van der Waals surface area contributed by atoms with Gasteiger partial charge in [0.25, 0.3) is 0 Å². The molecule has 1 N–H and O–H groups in total. The Morgan fingerprint density at radius 2 is 1.76 bits per heavy atom. The van der Waals surface area contributed by atoms with E-state index in [1.165, 1.54) is 0 Å². The van der Waals surface area contributed by atoms with E-state index in [1.807, 2.05) is 38.1 Å². The van der Waals surface area contributed by atoms with Crippen molar-refractivity contribution in [2.75, 3.05) is 5.32 Å². The maximum Gasteiger partial charge on any atom is 0.416 e. The van der Waals surface area contributed by atoms with Gasteiger partial charge in [-0.15, -0.1) is 0 Å². The second kappa shape index (κ2) is 5.93. The monoisotopic (exact) mass is 314 g/mol. The first kappa shape index (κ1) is 15.6. The van der Waals surface area contributed by atoms with Crippen molar-refractivity contribution in [3.8, 4) is 0 Å². The number of benzene rings is 1. The summed E-state index contributed by atoms with van der Waals surface area (Å²) in [5.74, 6) is 0.0999. The predicted molar refractivity (Wildman–Crippen MR) is 77.5 cm³/mol. The summed E-state index contributed by atoms with van der Waals surface area (Å²) in [5, 5.41) is 2.74. The fourth-order valence-corrected chi connectivity index (χ4v) is 2.10. The minimum atomic E-state index is -4.45. The van der Waals surface area contributed by atoms with Crippen molar-refractivity contribution in [1.82, 2.24) is 4.98 Å². The summed E-state index contributed by atoms with van der Waals surface area (Å²) in [6, 6.07) is 9.31. The molecule has 2 nitrogen and oxygen atoms in total. The molecule has 0 saturated carbocycles. The van der Waals surface area contributed by atoms with E-state index < -0.39 is 11.7 Å². The molecule has 0 aliphatic rings. The number of pyridine rings is 1. The lowest BCUT2D eigenvalue weighted by molar-refractivity contribution is -0.137. The SMILES string of the molecule is Cc1ccc(C(C)Nc2cc(C(F)(F)F)cc(Cl)n2)cc1. The molecule has 112 valence electrons. The molecule has 0 radical (unpaired) electrons. The van der Waals surface area contributed by atoms with Gasteiger partial charge in [-0.1, -0.05) is 41.4 Å². The molecule has 1 aromatic carbocycles. The van der Waals surface area contributed by atoms with Gasteiger partial charge in [0.05, 0.1) is 5.56 Å². The molecular formula is C15H14ClF3N2. The molecule has 1 heterocycles. The van der Waals surface area contributed by atoms with Crippen LogP contribution in [0.2, 0.25) is 5.15 Å². The Hall–Kier alpha value is -1.75. The van der Waals surface area contributed by atoms with Crippen molar-refractivity contribution in [1.29, 1.82) is 0 Å². The molecular weight excluding hydrogens is 301 g/mol. The van der Waals surface area contributed by atoms with E-state index >= 15 is 0 Å². The van der Waals surface area contributed by atoms with E-state index in [1.54, 1.807) is 0 Å². The van der Waals surface area contributed by atoms with Gasteiger partial charge in [0.2, 0.25) is 0 Å². The number of hydrogen-bond acceptors (Lipinski definition) is 2. The molecule has 2 rings (SSSR count). The van der Waals surface area contributed by atoms with Crippen LogP contribution in [-0.2, 0) is 6.18 Å². The quantitative estimate of drug-likeness (QED) is 0.784. The van der Waals surface area contributed by atoms with Crippen LogP contribution in [0.25, 0.3) is 0 Å². The summed E-state index contributed by atoms with van der Waals surface area (Å²) in [4.78, 5) is 3.88. The van der Waals surface area contributed by atoms with E-state index in [0.29, 0.717) is 0 Å². The van der Waals surface area contributed by atoms with Crippen LogP contribution in [-0.4, -0.2) is 4.98 Å². The predicted octanol–water partition coefficient (Wildman–Crippen LogP) is 5.24.